The number of anilines is 2. The van der Waals surface area contributed by atoms with Gasteiger partial charge in [-0.3, -0.25) is 9.10 Å². The highest BCUT2D eigenvalue weighted by Gasteiger charge is 2.33. The van der Waals surface area contributed by atoms with Crippen molar-refractivity contribution in [3.63, 3.8) is 0 Å². The molecule has 0 fully saturated rings. The SMILES string of the molecule is NCc1ccc(S(=O)(=O)N2CC(=O)Nc3ccccc32)s1. The van der Waals surface area contributed by atoms with Gasteiger partial charge >= 0.3 is 0 Å². The number of nitrogens with two attached hydrogens (primary N) is 1. The third-order valence-electron chi connectivity index (χ3n) is 3.12. The van der Waals surface area contributed by atoms with Gasteiger partial charge in [-0.25, -0.2) is 8.42 Å². The predicted molar refractivity (Wildman–Crippen MR) is 81.8 cm³/mol. The topological polar surface area (TPSA) is 92.5 Å². The van der Waals surface area contributed by atoms with Gasteiger partial charge in [0.15, 0.2) is 0 Å². The normalized spacial score (nSPS) is 14.7. The van der Waals surface area contributed by atoms with Gasteiger partial charge in [0.1, 0.15) is 10.8 Å². The van der Waals surface area contributed by atoms with E-state index in [1.165, 1.54) is 6.07 Å². The summed E-state index contributed by atoms with van der Waals surface area (Å²) in [6.07, 6.45) is 0. The van der Waals surface area contributed by atoms with Crippen LogP contribution in [0.4, 0.5) is 11.4 Å². The molecule has 0 atom stereocenters. The average molecular weight is 323 g/mol. The van der Waals surface area contributed by atoms with E-state index < -0.39 is 10.0 Å². The summed E-state index contributed by atoms with van der Waals surface area (Å²) in [4.78, 5) is 12.5. The fraction of sp³-hybridized carbons (Fsp3) is 0.154. The molecule has 0 unspecified atom stereocenters. The van der Waals surface area contributed by atoms with Crippen molar-refractivity contribution in [1.29, 1.82) is 0 Å². The van der Waals surface area contributed by atoms with Gasteiger partial charge in [0.2, 0.25) is 5.91 Å². The molecule has 6 nitrogen and oxygen atoms in total. The standard InChI is InChI=1S/C13H13N3O3S2/c14-7-9-5-6-13(20-9)21(18,19)16-8-12(17)15-10-3-1-2-4-11(10)16/h1-6H,7-8,14H2,(H,15,17). The van der Waals surface area contributed by atoms with Gasteiger partial charge in [0, 0.05) is 11.4 Å². The fourth-order valence-electron chi connectivity index (χ4n) is 2.13. The Bertz CT molecular complexity index is 798. The first-order valence-electron chi connectivity index (χ1n) is 6.23. The Kier molecular flexibility index (Phi) is 3.44. The minimum Gasteiger partial charge on any atom is -0.326 e. The first kappa shape index (κ1) is 14.1. The summed E-state index contributed by atoms with van der Waals surface area (Å²) in [5.74, 6) is -0.354. The van der Waals surface area contributed by atoms with Crippen LogP contribution >= 0.6 is 11.3 Å². The Morgan fingerprint density at radius 3 is 2.71 bits per heavy atom. The maximum absolute atomic E-state index is 12.7. The van der Waals surface area contributed by atoms with Crippen molar-refractivity contribution in [1.82, 2.24) is 0 Å². The number of nitrogens with one attached hydrogen (secondary N) is 1. The van der Waals surface area contributed by atoms with Crippen LogP contribution in [-0.2, 0) is 21.4 Å². The molecule has 21 heavy (non-hydrogen) atoms. The molecule has 3 N–H and O–H groups in total. The second kappa shape index (κ2) is 5.14. The van der Waals surface area contributed by atoms with Crippen molar-refractivity contribution in [2.45, 2.75) is 10.8 Å². The van der Waals surface area contributed by atoms with Crippen LogP contribution in [0.3, 0.4) is 0 Å². The van der Waals surface area contributed by atoms with E-state index in [0.29, 0.717) is 11.4 Å². The molecule has 0 radical (unpaired) electrons. The van der Waals surface area contributed by atoms with E-state index in [-0.39, 0.29) is 23.2 Å². The molecule has 3 rings (SSSR count). The second-order valence-electron chi connectivity index (χ2n) is 4.50. The summed E-state index contributed by atoms with van der Waals surface area (Å²) in [6, 6.07) is 10.0. The molecule has 2 aromatic rings. The third kappa shape index (κ3) is 2.41. The number of fused-ring (bicyclic) bond motifs is 1. The Morgan fingerprint density at radius 1 is 1.24 bits per heavy atom. The summed E-state index contributed by atoms with van der Waals surface area (Å²) < 4.78 is 26.8. The molecule has 2 heterocycles. The molecule has 1 aromatic carbocycles. The van der Waals surface area contributed by atoms with Crippen molar-refractivity contribution in [2.24, 2.45) is 5.73 Å². The lowest BCUT2D eigenvalue weighted by Gasteiger charge is -2.29. The zero-order valence-corrected chi connectivity index (χ0v) is 12.6. The van der Waals surface area contributed by atoms with Crippen molar-refractivity contribution < 1.29 is 13.2 Å². The number of hydrogen-bond donors (Lipinski definition) is 2. The lowest BCUT2D eigenvalue weighted by Crippen LogP contribution is -2.41. The number of carbonyl (C=O) groups is 1. The van der Waals surface area contributed by atoms with Crippen LogP contribution in [0.1, 0.15) is 4.88 Å². The number of hydrogen-bond acceptors (Lipinski definition) is 5. The zero-order valence-electron chi connectivity index (χ0n) is 10.9. The Hall–Kier alpha value is -1.90. The number of para-hydroxylation sites is 2. The molecule has 0 bridgehead atoms. The van der Waals surface area contributed by atoms with E-state index in [1.54, 1.807) is 30.3 Å². The van der Waals surface area contributed by atoms with Crippen LogP contribution in [0.5, 0.6) is 0 Å². The highest BCUT2D eigenvalue weighted by Crippen LogP contribution is 2.35. The Morgan fingerprint density at radius 2 is 2.00 bits per heavy atom. The summed E-state index contributed by atoms with van der Waals surface area (Å²) in [6.45, 7) is 0.0620. The lowest BCUT2D eigenvalue weighted by atomic mass is 10.2. The van der Waals surface area contributed by atoms with Crippen molar-refractivity contribution in [2.75, 3.05) is 16.2 Å². The monoisotopic (exact) mass is 323 g/mol. The molecular weight excluding hydrogens is 310 g/mol. The van der Waals surface area contributed by atoms with Crippen LogP contribution in [-0.4, -0.2) is 20.9 Å². The van der Waals surface area contributed by atoms with E-state index in [1.807, 2.05) is 0 Å². The number of carbonyl (C=O) groups excluding carboxylic acids is 1. The van der Waals surface area contributed by atoms with E-state index in [9.17, 15) is 13.2 Å². The summed E-state index contributed by atoms with van der Waals surface area (Å²) in [5.41, 5.74) is 6.49. The quantitative estimate of drug-likeness (QED) is 0.892. The smallest absolute Gasteiger partial charge is 0.274 e. The van der Waals surface area contributed by atoms with Gasteiger partial charge in [0.25, 0.3) is 10.0 Å². The molecule has 0 spiro atoms. The van der Waals surface area contributed by atoms with Crippen molar-refractivity contribution >= 4 is 38.6 Å². The molecule has 1 aliphatic rings. The molecule has 1 amide bonds. The number of thiophene rings is 1. The average Bonchev–Trinajstić information content (AvgIpc) is 2.96. The highest BCUT2D eigenvalue weighted by molar-refractivity contribution is 7.94. The maximum Gasteiger partial charge on any atom is 0.274 e. The van der Waals surface area contributed by atoms with E-state index >= 15 is 0 Å². The van der Waals surface area contributed by atoms with Gasteiger partial charge in [-0.05, 0) is 24.3 Å². The van der Waals surface area contributed by atoms with Crippen LogP contribution in [0.25, 0.3) is 0 Å². The van der Waals surface area contributed by atoms with Crippen molar-refractivity contribution in [3.8, 4) is 0 Å². The molecule has 0 saturated heterocycles. The fourth-order valence-corrected chi connectivity index (χ4v) is 4.92. The van der Waals surface area contributed by atoms with Gasteiger partial charge in [0.05, 0.1) is 11.4 Å². The van der Waals surface area contributed by atoms with E-state index in [2.05, 4.69) is 5.32 Å². The molecule has 1 aromatic heterocycles. The van der Waals surface area contributed by atoms with Gasteiger partial charge in [-0.1, -0.05) is 12.1 Å². The predicted octanol–water partition coefficient (Wildman–Crippen LogP) is 1.35. The summed E-state index contributed by atoms with van der Waals surface area (Å²) in [5, 5.41) is 2.67. The van der Waals surface area contributed by atoms with E-state index in [0.717, 1.165) is 20.5 Å². The van der Waals surface area contributed by atoms with Gasteiger partial charge in [-0.2, -0.15) is 0 Å². The van der Waals surface area contributed by atoms with Gasteiger partial charge < -0.3 is 11.1 Å². The first-order chi connectivity index (χ1) is 10.0. The van der Waals surface area contributed by atoms with Crippen LogP contribution < -0.4 is 15.4 Å². The molecule has 8 heteroatoms. The second-order valence-corrected chi connectivity index (χ2v) is 7.76. The number of rotatable bonds is 3. The highest BCUT2D eigenvalue weighted by atomic mass is 32.2. The molecule has 0 aliphatic carbocycles. The molecular formula is C13H13N3O3S2. The minimum absolute atomic E-state index is 0.187. The van der Waals surface area contributed by atoms with Crippen LogP contribution in [0, 0.1) is 0 Å². The first-order valence-corrected chi connectivity index (χ1v) is 8.48. The molecule has 110 valence electrons. The maximum atomic E-state index is 12.7. The lowest BCUT2D eigenvalue weighted by molar-refractivity contribution is -0.115. The minimum atomic E-state index is -3.76. The molecule has 1 aliphatic heterocycles. The third-order valence-corrected chi connectivity index (χ3v) is 6.45. The number of benzene rings is 1. The molecule has 0 saturated carbocycles. The Balaban J connectivity index is 2.09. The van der Waals surface area contributed by atoms with Crippen LogP contribution in [0.15, 0.2) is 40.6 Å². The largest absolute Gasteiger partial charge is 0.326 e. The zero-order chi connectivity index (χ0) is 15.0. The van der Waals surface area contributed by atoms with Gasteiger partial charge in [-0.15, -0.1) is 11.3 Å². The van der Waals surface area contributed by atoms with Crippen molar-refractivity contribution in [3.05, 3.63) is 41.3 Å². The summed E-state index contributed by atoms with van der Waals surface area (Å²) >= 11 is 1.12. The van der Waals surface area contributed by atoms with E-state index in [4.69, 9.17) is 5.73 Å². The number of nitrogens with zero attached hydrogens (tertiary/aromatic N) is 1. The summed E-state index contributed by atoms with van der Waals surface area (Å²) in [7, 11) is -3.76. The Labute approximate surface area is 126 Å². The van der Waals surface area contributed by atoms with Crippen LogP contribution in [0.2, 0.25) is 0 Å². The number of sulfonamides is 1. The number of amides is 1.